The van der Waals surface area contributed by atoms with Crippen molar-refractivity contribution in [1.82, 2.24) is 5.32 Å². The van der Waals surface area contributed by atoms with Crippen LogP contribution in [0.2, 0.25) is 0 Å². The van der Waals surface area contributed by atoms with Gasteiger partial charge in [0.2, 0.25) is 0 Å². The summed E-state index contributed by atoms with van der Waals surface area (Å²) in [6.07, 6.45) is 3.90. The normalized spacial score (nSPS) is 11.4. The standard InChI is InChI=1S/C6H15NOS/c1-5(2)7-6(8)9(3)4/h5,9H,1-4H3,(H,7,8). The van der Waals surface area contributed by atoms with Gasteiger partial charge in [-0.1, -0.05) is 0 Å². The molecule has 0 aliphatic heterocycles. The highest BCUT2D eigenvalue weighted by atomic mass is 32.2. The van der Waals surface area contributed by atoms with Crippen LogP contribution in [-0.4, -0.2) is 23.8 Å². The predicted molar refractivity (Wildman–Crippen MR) is 44.5 cm³/mol. The van der Waals surface area contributed by atoms with Crippen LogP contribution in [0.3, 0.4) is 0 Å². The Morgan fingerprint density at radius 1 is 1.44 bits per heavy atom. The zero-order valence-corrected chi connectivity index (χ0v) is 7.33. The number of rotatable bonds is 1. The van der Waals surface area contributed by atoms with E-state index in [1.807, 2.05) is 26.4 Å². The number of hydrogen-bond acceptors (Lipinski definition) is 1. The van der Waals surface area contributed by atoms with Crippen LogP contribution in [0, 0.1) is 0 Å². The van der Waals surface area contributed by atoms with Crippen molar-refractivity contribution in [3.63, 3.8) is 0 Å². The van der Waals surface area contributed by atoms with E-state index in [1.54, 1.807) is 0 Å². The zero-order chi connectivity index (χ0) is 7.44. The van der Waals surface area contributed by atoms with Crippen LogP contribution < -0.4 is 5.32 Å². The maximum absolute atomic E-state index is 10.9. The Balaban J connectivity index is 3.51. The Morgan fingerprint density at radius 2 is 1.89 bits per heavy atom. The largest absolute Gasteiger partial charge is 0.346 e. The average Bonchev–Trinajstić information content (AvgIpc) is 1.63. The molecule has 56 valence electrons. The van der Waals surface area contributed by atoms with Crippen LogP contribution in [0.25, 0.3) is 0 Å². The van der Waals surface area contributed by atoms with Crippen LogP contribution in [0.5, 0.6) is 0 Å². The summed E-state index contributed by atoms with van der Waals surface area (Å²) in [6, 6.07) is 0.280. The molecule has 1 N–H and O–H groups in total. The first-order chi connectivity index (χ1) is 4.04. The molecule has 0 aromatic carbocycles. The molecule has 0 aromatic rings. The third-order valence-electron chi connectivity index (χ3n) is 0.818. The molecule has 0 atom stereocenters. The van der Waals surface area contributed by atoms with Gasteiger partial charge in [0.1, 0.15) is 0 Å². The minimum Gasteiger partial charge on any atom is -0.346 e. The average molecular weight is 149 g/mol. The molecule has 0 saturated heterocycles. The number of amides is 1. The molecule has 0 bridgehead atoms. The third kappa shape index (κ3) is 4.33. The smallest absolute Gasteiger partial charge is 0.258 e. The van der Waals surface area contributed by atoms with Crippen molar-refractivity contribution in [2.75, 3.05) is 12.5 Å². The molecule has 0 aliphatic carbocycles. The summed E-state index contributed by atoms with van der Waals surface area (Å²) in [4.78, 5) is 10.9. The van der Waals surface area contributed by atoms with Gasteiger partial charge < -0.3 is 5.32 Å². The lowest BCUT2D eigenvalue weighted by molar-refractivity contribution is 0.258. The van der Waals surface area contributed by atoms with Crippen LogP contribution in [0.4, 0.5) is 4.79 Å². The van der Waals surface area contributed by atoms with Gasteiger partial charge in [0.15, 0.2) is 0 Å². The maximum atomic E-state index is 10.9. The Labute approximate surface area is 59.4 Å². The SMILES string of the molecule is CC(C)NC(=O)[SH](C)C. The fraction of sp³-hybridized carbons (Fsp3) is 0.833. The van der Waals surface area contributed by atoms with Crippen molar-refractivity contribution in [2.24, 2.45) is 0 Å². The van der Waals surface area contributed by atoms with Gasteiger partial charge in [-0.3, -0.25) is 4.79 Å². The van der Waals surface area contributed by atoms with E-state index in [2.05, 4.69) is 5.32 Å². The van der Waals surface area contributed by atoms with E-state index in [1.165, 1.54) is 0 Å². The fourth-order valence-corrected chi connectivity index (χ4v) is 0.892. The summed E-state index contributed by atoms with van der Waals surface area (Å²) in [5.74, 6) is 0. The first-order valence-corrected chi connectivity index (χ1v) is 5.25. The van der Waals surface area contributed by atoms with Gasteiger partial charge in [-0.15, -0.1) is 0 Å². The highest BCUT2D eigenvalue weighted by molar-refractivity contribution is 8.28. The predicted octanol–water partition coefficient (Wildman–Crippen LogP) is 1.37. The molecule has 0 fully saturated rings. The molecule has 3 heteroatoms. The molecule has 0 radical (unpaired) electrons. The van der Waals surface area contributed by atoms with Gasteiger partial charge in [-0.25, -0.2) is 0 Å². The Kier molecular flexibility index (Phi) is 3.70. The Hall–Kier alpha value is -0.180. The molecule has 9 heavy (non-hydrogen) atoms. The molecule has 0 spiro atoms. The number of hydrogen-bond donors (Lipinski definition) is 2. The lowest BCUT2D eigenvalue weighted by Gasteiger charge is -2.12. The van der Waals surface area contributed by atoms with E-state index >= 15 is 0 Å². The summed E-state index contributed by atoms with van der Waals surface area (Å²) >= 11 is 0. The Bertz CT molecular complexity index is 101. The van der Waals surface area contributed by atoms with Crippen molar-refractivity contribution < 1.29 is 4.79 Å². The van der Waals surface area contributed by atoms with Crippen molar-refractivity contribution in [2.45, 2.75) is 19.9 Å². The topological polar surface area (TPSA) is 29.1 Å². The second kappa shape index (κ2) is 3.77. The summed E-state index contributed by atoms with van der Waals surface area (Å²) < 4.78 is 0. The van der Waals surface area contributed by atoms with Gasteiger partial charge >= 0.3 is 0 Å². The lowest BCUT2D eigenvalue weighted by atomic mass is 10.4. The second-order valence-electron chi connectivity index (χ2n) is 2.50. The van der Waals surface area contributed by atoms with E-state index in [0.717, 1.165) is 0 Å². The summed E-state index contributed by atoms with van der Waals surface area (Å²) in [5, 5.41) is 3.03. The van der Waals surface area contributed by atoms with E-state index in [-0.39, 0.29) is 11.3 Å². The first-order valence-electron chi connectivity index (χ1n) is 3.02. The van der Waals surface area contributed by atoms with Crippen LogP contribution in [0.1, 0.15) is 13.8 Å². The van der Waals surface area contributed by atoms with E-state index in [9.17, 15) is 4.79 Å². The molecule has 0 saturated carbocycles. The molecule has 0 aromatic heterocycles. The number of carbonyl (C=O) groups is 1. The lowest BCUT2D eigenvalue weighted by Crippen LogP contribution is -2.28. The second-order valence-corrected chi connectivity index (χ2v) is 4.69. The highest BCUT2D eigenvalue weighted by Crippen LogP contribution is 2.13. The van der Waals surface area contributed by atoms with Gasteiger partial charge in [-0.05, 0) is 26.4 Å². The molecule has 1 amide bonds. The minimum atomic E-state index is -0.444. The Morgan fingerprint density at radius 3 is 2.00 bits per heavy atom. The van der Waals surface area contributed by atoms with Gasteiger partial charge in [-0.2, -0.15) is 10.9 Å². The molecular formula is C6H15NOS. The van der Waals surface area contributed by atoms with Crippen LogP contribution in [-0.2, 0) is 0 Å². The van der Waals surface area contributed by atoms with Gasteiger partial charge in [0, 0.05) is 6.04 Å². The molecule has 0 heterocycles. The number of thiol groups is 1. The minimum absolute atomic E-state index is 0.194. The van der Waals surface area contributed by atoms with Crippen molar-refractivity contribution in [3.8, 4) is 0 Å². The van der Waals surface area contributed by atoms with Gasteiger partial charge in [0.25, 0.3) is 5.24 Å². The molecule has 2 nitrogen and oxygen atoms in total. The van der Waals surface area contributed by atoms with Crippen molar-refractivity contribution in [1.29, 1.82) is 0 Å². The van der Waals surface area contributed by atoms with Crippen molar-refractivity contribution in [3.05, 3.63) is 0 Å². The third-order valence-corrected chi connectivity index (χ3v) is 1.76. The molecule has 0 aliphatic rings. The van der Waals surface area contributed by atoms with E-state index in [4.69, 9.17) is 0 Å². The number of carbonyl (C=O) groups excluding carboxylic acids is 1. The highest BCUT2D eigenvalue weighted by Gasteiger charge is 2.02. The monoisotopic (exact) mass is 149 g/mol. The quantitative estimate of drug-likeness (QED) is 0.542. The van der Waals surface area contributed by atoms with E-state index in [0.29, 0.717) is 0 Å². The molecular weight excluding hydrogens is 134 g/mol. The maximum Gasteiger partial charge on any atom is 0.258 e. The first kappa shape index (κ1) is 8.82. The molecule has 0 unspecified atom stereocenters. The van der Waals surface area contributed by atoms with Crippen molar-refractivity contribution >= 4 is 16.1 Å². The summed E-state index contributed by atoms with van der Waals surface area (Å²) in [7, 11) is -0.444. The van der Waals surface area contributed by atoms with Gasteiger partial charge in [0.05, 0.1) is 0 Å². The number of nitrogens with one attached hydrogen (secondary N) is 1. The summed E-state index contributed by atoms with van der Waals surface area (Å²) in [6.45, 7) is 3.94. The molecule has 0 rings (SSSR count). The van der Waals surface area contributed by atoms with E-state index < -0.39 is 10.9 Å². The zero-order valence-electron chi connectivity index (χ0n) is 6.43. The van der Waals surface area contributed by atoms with Crippen LogP contribution >= 0.6 is 10.9 Å². The fourth-order valence-electron chi connectivity index (χ4n) is 0.376. The van der Waals surface area contributed by atoms with Crippen LogP contribution in [0.15, 0.2) is 0 Å². The summed E-state index contributed by atoms with van der Waals surface area (Å²) in [5.41, 5.74) is 0.